The number of aromatic hydroxyl groups is 2. The lowest BCUT2D eigenvalue weighted by molar-refractivity contribution is 0.141. The molecule has 2 N–H and O–H groups in total. The molecule has 0 radical (unpaired) electrons. The first kappa shape index (κ1) is 24.5. The number of hydrogen-bond acceptors (Lipinski definition) is 6. The first-order valence-corrected chi connectivity index (χ1v) is 9.68. The molecule has 2 rings (SSSR count). The summed E-state index contributed by atoms with van der Waals surface area (Å²) in [5.41, 5.74) is 0.562. The summed E-state index contributed by atoms with van der Waals surface area (Å²) in [6, 6.07) is 2.75. The van der Waals surface area contributed by atoms with E-state index >= 15 is 0 Å². The highest BCUT2D eigenvalue weighted by atomic mass is 16.5. The summed E-state index contributed by atoms with van der Waals surface area (Å²) in [6.45, 7) is 8.99. The van der Waals surface area contributed by atoms with E-state index in [2.05, 4.69) is 0 Å². The Morgan fingerprint density at radius 1 is 0.862 bits per heavy atom. The molecule has 0 saturated carbocycles. The van der Waals surface area contributed by atoms with Crippen molar-refractivity contribution in [2.24, 2.45) is 0 Å². The summed E-state index contributed by atoms with van der Waals surface area (Å²) >= 11 is 0. The highest BCUT2D eigenvalue weighted by Gasteiger charge is 2.05. The molecule has 2 aromatic rings. The Morgan fingerprint density at radius 3 is 1.72 bits per heavy atom. The Bertz CT molecular complexity index is 872. The predicted octanol–water partition coefficient (Wildman–Crippen LogP) is 2.19. The Labute approximate surface area is 171 Å². The lowest BCUT2D eigenvalue weighted by Crippen LogP contribution is -2.11. The van der Waals surface area contributed by atoms with Gasteiger partial charge in [0.15, 0.2) is 11.5 Å². The lowest BCUT2D eigenvalue weighted by atomic mass is 10.3. The van der Waals surface area contributed by atoms with E-state index in [9.17, 15) is 19.8 Å². The second-order valence-electron chi connectivity index (χ2n) is 6.51. The Kier molecular flexibility index (Phi) is 10.8. The first-order chi connectivity index (χ1) is 13.8. The summed E-state index contributed by atoms with van der Waals surface area (Å²) in [6.07, 6.45) is 5.12. The lowest BCUT2D eigenvalue weighted by Gasteiger charge is -2.11. The third-order valence-electron chi connectivity index (χ3n) is 4.46. The van der Waals surface area contributed by atoms with Gasteiger partial charge in [-0.05, 0) is 33.6 Å². The number of nitrogens with zero attached hydrogens (tertiary/aromatic N) is 2. The highest BCUT2D eigenvalue weighted by Crippen LogP contribution is 2.10. The first-order valence-electron chi connectivity index (χ1n) is 9.68. The molecule has 29 heavy (non-hydrogen) atoms. The van der Waals surface area contributed by atoms with Crippen LogP contribution in [0.1, 0.15) is 31.2 Å². The molecule has 0 saturated heterocycles. The van der Waals surface area contributed by atoms with E-state index < -0.39 is 0 Å². The van der Waals surface area contributed by atoms with Gasteiger partial charge in [0.2, 0.25) is 10.9 Å². The molecule has 0 atom stereocenters. The number of aromatic nitrogens is 2. The third kappa shape index (κ3) is 7.75. The normalized spacial score (nSPS) is 10.5. The Balaban J connectivity index is 0.000000291. The van der Waals surface area contributed by atoms with Crippen molar-refractivity contribution < 1.29 is 19.7 Å². The standard InChI is InChI=1S/C11H17NO3.C10H15NO3/c1-3-15-8-4-6-12-7-5-10(13)11(14)9(12)2;1-8-10(13)9(12)4-6-11(8)5-3-7-14-2/h5,7,14H,3-4,6,8H2,1-2H3;4,6,13H,3,5,7H2,1-2H3. The van der Waals surface area contributed by atoms with E-state index in [-0.39, 0.29) is 22.4 Å². The molecular formula is C21H32N2O6. The number of methoxy groups -OCH3 is 1. The third-order valence-corrected chi connectivity index (χ3v) is 4.46. The molecule has 0 fully saturated rings. The van der Waals surface area contributed by atoms with Gasteiger partial charge in [-0.15, -0.1) is 0 Å². The van der Waals surface area contributed by atoms with Crippen molar-refractivity contribution in [2.45, 2.75) is 46.7 Å². The highest BCUT2D eigenvalue weighted by molar-refractivity contribution is 5.25. The van der Waals surface area contributed by atoms with E-state index in [0.29, 0.717) is 31.2 Å². The van der Waals surface area contributed by atoms with Gasteiger partial charge in [-0.25, -0.2) is 0 Å². The molecule has 0 aromatic carbocycles. The van der Waals surface area contributed by atoms with Gasteiger partial charge in [-0.3, -0.25) is 9.59 Å². The van der Waals surface area contributed by atoms with Crippen molar-refractivity contribution in [3.63, 3.8) is 0 Å². The van der Waals surface area contributed by atoms with E-state index in [1.165, 1.54) is 12.1 Å². The van der Waals surface area contributed by atoms with Crippen molar-refractivity contribution in [3.05, 3.63) is 56.4 Å². The summed E-state index contributed by atoms with van der Waals surface area (Å²) in [4.78, 5) is 22.1. The zero-order valence-electron chi connectivity index (χ0n) is 17.7. The molecular weight excluding hydrogens is 376 g/mol. The summed E-state index contributed by atoms with van der Waals surface area (Å²) in [5, 5.41) is 18.8. The van der Waals surface area contributed by atoms with Crippen LogP contribution >= 0.6 is 0 Å². The van der Waals surface area contributed by atoms with Crippen LogP contribution in [0.15, 0.2) is 34.1 Å². The van der Waals surface area contributed by atoms with Crippen molar-refractivity contribution in [1.82, 2.24) is 9.13 Å². The van der Waals surface area contributed by atoms with Gasteiger partial charge in [-0.1, -0.05) is 0 Å². The molecule has 8 nitrogen and oxygen atoms in total. The van der Waals surface area contributed by atoms with Crippen LogP contribution in [0, 0.1) is 13.8 Å². The molecule has 2 heterocycles. The Hall–Kier alpha value is -2.58. The maximum Gasteiger partial charge on any atom is 0.223 e. The fraction of sp³-hybridized carbons (Fsp3) is 0.524. The second-order valence-corrected chi connectivity index (χ2v) is 6.51. The molecule has 0 spiro atoms. The van der Waals surface area contributed by atoms with Gasteiger partial charge in [0.25, 0.3) is 0 Å². The molecule has 0 aliphatic carbocycles. The number of aryl methyl sites for hydroxylation is 2. The van der Waals surface area contributed by atoms with E-state index in [0.717, 1.165) is 25.9 Å². The van der Waals surface area contributed by atoms with Crippen molar-refractivity contribution in [2.75, 3.05) is 26.9 Å². The van der Waals surface area contributed by atoms with Crippen molar-refractivity contribution in [3.8, 4) is 11.5 Å². The zero-order chi connectivity index (χ0) is 21.8. The van der Waals surface area contributed by atoms with E-state index in [1.54, 1.807) is 33.4 Å². The number of pyridine rings is 2. The van der Waals surface area contributed by atoms with Crippen LogP contribution in [0.5, 0.6) is 11.5 Å². The molecule has 0 aliphatic heterocycles. The maximum absolute atomic E-state index is 11.1. The molecule has 0 amide bonds. The summed E-state index contributed by atoms with van der Waals surface area (Å²) in [5.74, 6) is -0.321. The minimum atomic E-state index is -0.328. The molecule has 0 aliphatic rings. The van der Waals surface area contributed by atoms with Crippen LogP contribution in [-0.2, 0) is 22.6 Å². The minimum Gasteiger partial charge on any atom is -0.503 e. The summed E-state index contributed by atoms with van der Waals surface area (Å²) in [7, 11) is 1.65. The second kappa shape index (κ2) is 12.8. The van der Waals surface area contributed by atoms with Crippen LogP contribution < -0.4 is 10.9 Å². The Morgan fingerprint density at radius 2 is 1.31 bits per heavy atom. The monoisotopic (exact) mass is 408 g/mol. The van der Waals surface area contributed by atoms with Gasteiger partial charge < -0.3 is 28.8 Å². The predicted molar refractivity (Wildman–Crippen MR) is 112 cm³/mol. The fourth-order valence-electron chi connectivity index (χ4n) is 2.67. The average Bonchev–Trinajstić information content (AvgIpc) is 2.71. The van der Waals surface area contributed by atoms with E-state index in [1.807, 2.05) is 16.1 Å². The van der Waals surface area contributed by atoms with Gasteiger partial charge in [-0.2, -0.15) is 0 Å². The largest absolute Gasteiger partial charge is 0.503 e. The van der Waals surface area contributed by atoms with Gasteiger partial charge in [0.05, 0.1) is 11.4 Å². The maximum atomic E-state index is 11.1. The fourth-order valence-corrected chi connectivity index (χ4v) is 2.67. The van der Waals surface area contributed by atoms with Crippen LogP contribution in [0.2, 0.25) is 0 Å². The minimum absolute atomic E-state index is 0.158. The number of hydrogen-bond donors (Lipinski definition) is 2. The van der Waals surface area contributed by atoms with Gasteiger partial charge in [0.1, 0.15) is 0 Å². The smallest absolute Gasteiger partial charge is 0.223 e. The molecule has 0 unspecified atom stereocenters. The summed E-state index contributed by atoms with van der Waals surface area (Å²) < 4.78 is 13.8. The van der Waals surface area contributed by atoms with Crippen molar-refractivity contribution >= 4 is 0 Å². The van der Waals surface area contributed by atoms with Crippen LogP contribution in [0.25, 0.3) is 0 Å². The SMILES string of the molecule is CCOCCCn1ccc(=O)c(O)c1C.COCCCn1ccc(=O)c(O)c1C. The van der Waals surface area contributed by atoms with E-state index in [4.69, 9.17) is 9.47 Å². The molecule has 0 bridgehead atoms. The van der Waals surface area contributed by atoms with Crippen LogP contribution in [-0.4, -0.2) is 46.3 Å². The number of rotatable bonds is 9. The average molecular weight is 408 g/mol. The molecule has 2 aromatic heterocycles. The van der Waals surface area contributed by atoms with Crippen LogP contribution in [0.3, 0.4) is 0 Å². The van der Waals surface area contributed by atoms with Crippen molar-refractivity contribution in [1.29, 1.82) is 0 Å². The molecule has 8 heteroatoms. The molecule has 162 valence electrons. The van der Waals surface area contributed by atoms with Gasteiger partial charge >= 0.3 is 0 Å². The number of ether oxygens (including phenoxy) is 2. The zero-order valence-corrected chi connectivity index (χ0v) is 17.7. The topological polar surface area (TPSA) is 103 Å². The van der Waals surface area contributed by atoms with Crippen LogP contribution in [0.4, 0.5) is 0 Å². The quantitative estimate of drug-likeness (QED) is 0.617. The van der Waals surface area contributed by atoms with Gasteiger partial charge in [0, 0.05) is 64.5 Å².